The van der Waals surface area contributed by atoms with E-state index in [1.807, 2.05) is 13.0 Å². The number of rotatable bonds is 9. The summed E-state index contributed by atoms with van der Waals surface area (Å²) in [4.78, 5) is 19.4. The molecule has 1 aliphatic carbocycles. The smallest absolute Gasteiger partial charge is 0.261 e. The van der Waals surface area contributed by atoms with Gasteiger partial charge in [0, 0.05) is 62.8 Å². The quantitative estimate of drug-likeness (QED) is 0.457. The minimum atomic E-state index is -3.34. The number of pyridine rings is 2. The lowest BCUT2D eigenvalue weighted by atomic mass is 10.1. The SMILES string of the molecule is C[C@@H]1CN(S(=O)(=O)CCN)CCN1Cc1cc2c(=O)n(C)cc(-c3ccncc3OCC3CC3)c2o1. The maximum absolute atomic E-state index is 13.0. The van der Waals surface area contributed by atoms with Crippen LogP contribution in [0.3, 0.4) is 0 Å². The lowest BCUT2D eigenvalue weighted by Crippen LogP contribution is -2.53. The third-order valence-electron chi connectivity index (χ3n) is 7.00. The van der Waals surface area contributed by atoms with Crippen molar-refractivity contribution in [3.63, 3.8) is 0 Å². The Morgan fingerprint density at radius 1 is 1.25 bits per heavy atom. The molecule has 2 N–H and O–H groups in total. The summed E-state index contributed by atoms with van der Waals surface area (Å²) in [6.07, 6.45) is 7.57. The molecule has 1 atom stereocenters. The van der Waals surface area contributed by atoms with Crippen molar-refractivity contribution in [1.82, 2.24) is 18.8 Å². The second kappa shape index (κ2) is 9.97. The first-order chi connectivity index (χ1) is 17.3. The van der Waals surface area contributed by atoms with E-state index in [1.54, 1.807) is 36.3 Å². The summed E-state index contributed by atoms with van der Waals surface area (Å²) < 4.78 is 40.3. The first-order valence-corrected chi connectivity index (χ1v) is 14.0. The number of sulfonamides is 1. The average molecular weight is 516 g/mol. The van der Waals surface area contributed by atoms with Crippen molar-refractivity contribution in [2.75, 3.05) is 38.5 Å². The van der Waals surface area contributed by atoms with Gasteiger partial charge >= 0.3 is 0 Å². The fourth-order valence-corrected chi connectivity index (χ4v) is 6.07. The van der Waals surface area contributed by atoms with Crippen molar-refractivity contribution in [1.29, 1.82) is 0 Å². The van der Waals surface area contributed by atoms with Crippen molar-refractivity contribution in [3.8, 4) is 16.9 Å². The van der Waals surface area contributed by atoms with Crippen LogP contribution in [0.25, 0.3) is 22.1 Å². The number of piperazine rings is 1. The van der Waals surface area contributed by atoms with Crippen molar-refractivity contribution >= 4 is 21.0 Å². The maximum atomic E-state index is 13.0. The van der Waals surface area contributed by atoms with Crippen LogP contribution in [-0.4, -0.2) is 71.8 Å². The van der Waals surface area contributed by atoms with Crippen molar-refractivity contribution in [2.24, 2.45) is 18.7 Å². The zero-order chi connectivity index (χ0) is 25.4. The number of nitrogens with two attached hydrogens (primary N) is 1. The predicted molar refractivity (Wildman–Crippen MR) is 137 cm³/mol. The second-order valence-corrected chi connectivity index (χ2v) is 11.9. The van der Waals surface area contributed by atoms with Gasteiger partial charge in [-0.15, -0.1) is 0 Å². The third-order valence-corrected chi connectivity index (χ3v) is 8.87. The van der Waals surface area contributed by atoms with Crippen LogP contribution >= 0.6 is 0 Å². The monoisotopic (exact) mass is 515 g/mol. The summed E-state index contributed by atoms with van der Waals surface area (Å²) in [5, 5.41) is 0.506. The number of hydrogen-bond donors (Lipinski definition) is 1. The molecule has 4 heterocycles. The molecule has 1 aliphatic heterocycles. The Kier molecular flexibility index (Phi) is 6.90. The molecular formula is C25H33N5O5S. The van der Waals surface area contributed by atoms with E-state index in [1.165, 1.54) is 17.1 Å². The third kappa shape index (κ3) is 5.06. The predicted octanol–water partition coefficient (Wildman–Crippen LogP) is 1.78. The highest BCUT2D eigenvalue weighted by Crippen LogP contribution is 2.36. The Hall–Kier alpha value is -2.73. The van der Waals surface area contributed by atoms with Gasteiger partial charge in [-0.1, -0.05) is 0 Å². The molecule has 0 aromatic carbocycles. The number of hydrogen-bond acceptors (Lipinski definition) is 8. The normalized spacial score (nSPS) is 19.7. The van der Waals surface area contributed by atoms with Crippen LogP contribution in [0.5, 0.6) is 5.75 Å². The highest BCUT2D eigenvalue weighted by atomic mass is 32.2. The zero-order valence-electron chi connectivity index (χ0n) is 20.7. The van der Waals surface area contributed by atoms with E-state index in [-0.39, 0.29) is 23.9 Å². The highest BCUT2D eigenvalue weighted by molar-refractivity contribution is 7.89. The van der Waals surface area contributed by atoms with E-state index < -0.39 is 10.0 Å². The summed E-state index contributed by atoms with van der Waals surface area (Å²) in [5.41, 5.74) is 7.47. The topological polar surface area (TPSA) is 124 Å². The van der Waals surface area contributed by atoms with Gasteiger partial charge in [0.15, 0.2) is 0 Å². The van der Waals surface area contributed by atoms with Crippen LogP contribution < -0.4 is 16.0 Å². The van der Waals surface area contributed by atoms with Gasteiger partial charge < -0.3 is 19.5 Å². The van der Waals surface area contributed by atoms with E-state index >= 15 is 0 Å². The molecule has 36 heavy (non-hydrogen) atoms. The van der Waals surface area contributed by atoms with Gasteiger partial charge in [0.25, 0.3) is 5.56 Å². The number of fused-ring (bicyclic) bond motifs is 1. The van der Waals surface area contributed by atoms with Crippen LogP contribution in [0.15, 0.2) is 39.9 Å². The number of aromatic nitrogens is 2. The van der Waals surface area contributed by atoms with Crippen LogP contribution in [0, 0.1) is 5.92 Å². The molecule has 10 nitrogen and oxygen atoms in total. The second-order valence-electron chi connectivity index (χ2n) is 9.82. The minimum absolute atomic E-state index is 0.00978. The molecular weight excluding hydrogens is 482 g/mol. The van der Waals surface area contributed by atoms with Gasteiger partial charge in [-0.3, -0.25) is 14.7 Å². The number of nitrogens with zero attached hydrogens (tertiary/aromatic N) is 4. The summed E-state index contributed by atoms with van der Waals surface area (Å²) in [5.74, 6) is 1.89. The molecule has 2 fully saturated rings. The molecule has 194 valence electrons. The molecule has 3 aromatic heterocycles. The average Bonchev–Trinajstić information content (AvgIpc) is 3.59. The highest BCUT2D eigenvalue weighted by Gasteiger charge is 2.31. The number of ether oxygens (including phenoxy) is 1. The Labute approximate surface area is 210 Å². The standard InChI is InChI=1S/C25H33N5O5S/c1-17-13-30(36(32,33)10-6-26)9-8-29(17)14-19-11-21-24(35-19)22(15-28(2)25(21)31)20-5-7-27-12-23(20)34-16-18-3-4-18/h5,7,11-12,15,17-18H,3-4,6,8-10,13-14,16,26H2,1-2H3/t17-/m1/s1. The summed E-state index contributed by atoms with van der Waals surface area (Å²) >= 11 is 0. The van der Waals surface area contributed by atoms with Gasteiger partial charge in [-0.2, -0.15) is 4.31 Å². The summed E-state index contributed by atoms with van der Waals surface area (Å²) in [7, 11) is -1.61. The lowest BCUT2D eigenvalue weighted by molar-refractivity contribution is 0.114. The van der Waals surface area contributed by atoms with Crippen LogP contribution in [0.2, 0.25) is 0 Å². The first-order valence-electron chi connectivity index (χ1n) is 12.4. The van der Waals surface area contributed by atoms with E-state index in [9.17, 15) is 13.2 Å². The fourth-order valence-electron chi connectivity index (χ4n) is 4.71. The van der Waals surface area contributed by atoms with Gasteiger partial charge in [-0.25, -0.2) is 8.42 Å². The molecule has 0 radical (unpaired) electrons. The van der Waals surface area contributed by atoms with Crippen molar-refractivity contribution in [2.45, 2.75) is 32.4 Å². The number of aryl methyl sites for hydroxylation is 1. The van der Waals surface area contributed by atoms with Gasteiger partial charge in [-0.05, 0) is 37.8 Å². The number of furan rings is 1. The molecule has 2 aliphatic rings. The van der Waals surface area contributed by atoms with Crippen LogP contribution in [0.4, 0.5) is 0 Å². The molecule has 0 spiro atoms. The van der Waals surface area contributed by atoms with Gasteiger partial charge in [0.1, 0.15) is 17.1 Å². The Balaban J connectivity index is 1.42. The maximum Gasteiger partial charge on any atom is 0.261 e. The van der Waals surface area contributed by atoms with Crippen molar-refractivity contribution < 1.29 is 17.6 Å². The lowest BCUT2D eigenvalue weighted by Gasteiger charge is -2.38. The summed E-state index contributed by atoms with van der Waals surface area (Å²) in [6, 6.07) is 3.67. The molecule has 1 saturated carbocycles. The molecule has 11 heteroatoms. The molecule has 0 amide bonds. The van der Waals surface area contributed by atoms with Gasteiger partial charge in [0.2, 0.25) is 10.0 Å². The summed E-state index contributed by atoms with van der Waals surface area (Å²) in [6.45, 7) is 4.60. The minimum Gasteiger partial charge on any atom is -0.491 e. The first kappa shape index (κ1) is 24.9. The van der Waals surface area contributed by atoms with E-state index in [0.717, 1.165) is 11.1 Å². The Morgan fingerprint density at radius 3 is 2.78 bits per heavy atom. The largest absolute Gasteiger partial charge is 0.491 e. The molecule has 0 bridgehead atoms. The molecule has 1 saturated heterocycles. The van der Waals surface area contributed by atoms with Crippen LogP contribution in [-0.2, 0) is 23.6 Å². The molecule has 3 aromatic rings. The van der Waals surface area contributed by atoms with Crippen molar-refractivity contribution in [3.05, 3.63) is 46.8 Å². The van der Waals surface area contributed by atoms with Gasteiger partial charge in [0.05, 0.1) is 30.5 Å². The van der Waals surface area contributed by atoms with E-state index in [0.29, 0.717) is 61.2 Å². The Bertz CT molecular complexity index is 1410. The Morgan fingerprint density at radius 2 is 2.06 bits per heavy atom. The zero-order valence-corrected chi connectivity index (χ0v) is 21.5. The van der Waals surface area contributed by atoms with Crippen LogP contribution in [0.1, 0.15) is 25.5 Å². The van der Waals surface area contributed by atoms with E-state index in [2.05, 4.69) is 9.88 Å². The van der Waals surface area contributed by atoms with E-state index in [4.69, 9.17) is 14.9 Å². The molecule has 0 unspecified atom stereocenters. The molecule has 5 rings (SSSR count). The fraction of sp³-hybridized carbons (Fsp3) is 0.520.